The first-order valence-corrected chi connectivity index (χ1v) is 9.71. The van der Waals surface area contributed by atoms with Crippen LogP contribution in [0.5, 0.6) is 11.5 Å². The van der Waals surface area contributed by atoms with Crippen LogP contribution < -0.4 is 0 Å². The minimum atomic E-state index is -0.655. The average Bonchev–Trinajstić information content (AvgIpc) is 2.74. The molecule has 2 N–H and O–H groups in total. The zero-order valence-corrected chi connectivity index (χ0v) is 18.0. The van der Waals surface area contributed by atoms with Crippen molar-refractivity contribution >= 4 is 35.2 Å². The lowest BCUT2D eigenvalue weighted by atomic mass is 10.1. The van der Waals surface area contributed by atoms with Crippen LogP contribution in [0.15, 0.2) is 52.4 Å². The molecule has 168 valence electrons. The van der Waals surface area contributed by atoms with Gasteiger partial charge in [0.15, 0.2) is 0 Å². The smallest absolute Gasteiger partial charge is 0.311 e. The molecule has 3 aromatic rings. The van der Waals surface area contributed by atoms with Gasteiger partial charge in [-0.25, -0.2) is 0 Å². The van der Waals surface area contributed by atoms with Crippen LogP contribution in [-0.4, -0.2) is 32.5 Å². The van der Waals surface area contributed by atoms with Gasteiger partial charge in [0.05, 0.1) is 21.2 Å². The van der Waals surface area contributed by atoms with E-state index in [0.29, 0.717) is 22.5 Å². The topological polar surface area (TPSA) is 151 Å². The van der Waals surface area contributed by atoms with Crippen LogP contribution in [0.3, 0.4) is 0 Å². The lowest BCUT2D eigenvalue weighted by molar-refractivity contribution is -0.386. The Morgan fingerprint density at radius 2 is 1.24 bits per heavy atom. The van der Waals surface area contributed by atoms with Gasteiger partial charge in [0.1, 0.15) is 0 Å². The van der Waals surface area contributed by atoms with E-state index in [1.807, 2.05) is 0 Å². The highest BCUT2D eigenvalue weighted by molar-refractivity contribution is 5.89. The summed E-state index contributed by atoms with van der Waals surface area (Å²) in [7, 11) is 0. The fourth-order valence-electron chi connectivity index (χ4n) is 3.20. The number of benzene rings is 3. The highest BCUT2D eigenvalue weighted by atomic mass is 16.6. The third kappa shape index (κ3) is 5.18. The second-order valence-corrected chi connectivity index (χ2v) is 7.45. The van der Waals surface area contributed by atoms with Crippen molar-refractivity contribution in [3.05, 3.63) is 90.5 Å². The number of phenolic OH excluding ortho intramolecular Hbond substituents is 2. The van der Waals surface area contributed by atoms with Gasteiger partial charge in [0, 0.05) is 35.7 Å². The Bertz CT molecular complexity index is 1330. The minimum Gasteiger partial charge on any atom is -0.502 e. The van der Waals surface area contributed by atoms with Crippen molar-refractivity contribution in [1.29, 1.82) is 0 Å². The van der Waals surface area contributed by atoms with Gasteiger partial charge in [-0.15, -0.1) is 0 Å². The molecule has 10 nitrogen and oxygen atoms in total. The molecule has 0 aromatic heterocycles. The number of nitro benzene ring substituents is 2. The fourth-order valence-corrected chi connectivity index (χ4v) is 3.20. The quantitative estimate of drug-likeness (QED) is 0.295. The highest BCUT2D eigenvalue weighted by Crippen LogP contribution is 2.32. The number of aryl methyl sites for hydroxylation is 3. The SMILES string of the molecule is Cc1cc(C=Nc2ccc(N=Cc3cc(C)cc([N+](=O)[O-])c3O)c(C)c2)c(O)c([N+](=O)[O-])c1. The van der Waals surface area contributed by atoms with E-state index in [2.05, 4.69) is 9.98 Å². The number of nitro groups is 2. The molecule has 0 aliphatic heterocycles. The van der Waals surface area contributed by atoms with Crippen molar-refractivity contribution in [2.24, 2.45) is 9.98 Å². The molecule has 0 aliphatic carbocycles. The van der Waals surface area contributed by atoms with Gasteiger partial charge in [-0.05, 0) is 67.8 Å². The summed E-state index contributed by atoms with van der Waals surface area (Å²) in [6.45, 7) is 5.16. The van der Waals surface area contributed by atoms with E-state index in [1.54, 1.807) is 51.1 Å². The highest BCUT2D eigenvalue weighted by Gasteiger charge is 2.18. The molecule has 3 aromatic carbocycles. The molecule has 0 aliphatic rings. The molecular formula is C23H20N4O6. The summed E-state index contributed by atoms with van der Waals surface area (Å²) >= 11 is 0. The van der Waals surface area contributed by atoms with Crippen molar-refractivity contribution in [2.75, 3.05) is 0 Å². The number of hydrogen-bond acceptors (Lipinski definition) is 8. The van der Waals surface area contributed by atoms with E-state index in [1.165, 1.54) is 24.6 Å². The Morgan fingerprint density at radius 3 is 1.70 bits per heavy atom. The maximum absolute atomic E-state index is 11.1. The van der Waals surface area contributed by atoms with Crippen LogP contribution in [0.2, 0.25) is 0 Å². The van der Waals surface area contributed by atoms with Crippen molar-refractivity contribution < 1.29 is 20.1 Å². The molecule has 0 bridgehead atoms. The summed E-state index contributed by atoms with van der Waals surface area (Å²) < 4.78 is 0. The largest absolute Gasteiger partial charge is 0.502 e. The lowest BCUT2D eigenvalue weighted by Gasteiger charge is -2.05. The van der Waals surface area contributed by atoms with Crippen LogP contribution in [0.25, 0.3) is 0 Å². The summed E-state index contributed by atoms with van der Waals surface area (Å²) in [6, 6.07) is 10.8. The predicted octanol–water partition coefficient (Wildman–Crippen LogP) is 5.34. The van der Waals surface area contributed by atoms with Gasteiger partial charge in [0.25, 0.3) is 0 Å². The van der Waals surface area contributed by atoms with E-state index >= 15 is 0 Å². The van der Waals surface area contributed by atoms with E-state index in [9.17, 15) is 30.4 Å². The molecule has 0 amide bonds. The summed E-state index contributed by atoms with van der Waals surface area (Å²) in [5, 5.41) is 42.4. The monoisotopic (exact) mass is 448 g/mol. The van der Waals surface area contributed by atoms with Gasteiger partial charge < -0.3 is 10.2 Å². The Labute approximate surface area is 188 Å². The summed E-state index contributed by atoms with van der Waals surface area (Å²) in [4.78, 5) is 29.5. The van der Waals surface area contributed by atoms with E-state index in [4.69, 9.17) is 0 Å². The maximum atomic E-state index is 11.1. The molecule has 0 heterocycles. The second-order valence-electron chi connectivity index (χ2n) is 7.45. The summed E-state index contributed by atoms with van der Waals surface area (Å²) in [5.41, 5.74) is 2.72. The number of aromatic hydroxyl groups is 2. The number of rotatable bonds is 6. The maximum Gasteiger partial charge on any atom is 0.311 e. The van der Waals surface area contributed by atoms with Gasteiger partial charge in [-0.2, -0.15) is 0 Å². The molecular weight excluding hydrogens is 428 g/mol. The zero-order chi connectivity index (χ0) is 24.3. The Balaban J connectivity index is 1.88. The first-order valence-electron chi connectivity index (χ1n) is 9.71. The molecule has 0 saturated carbocycles. The van der Waals surface area contributed by atoms with E-state index < -0.39 is 32.7 Å². The fraction of sp³-hybridized carbons (Fsp3) is 0.130. The molecule has 0 atom stereocenters. The van der Waals surface area contributed by atoms with Crippen molar-refractivity contribution in [3.8, 4) is 11.5 Å². The van der Waals surface area contributed by atoms with Crippen LogP contribution >= 0.6 is 0 Å². The first-order chi connectivity index (χ1) is 15.6. The Hall–Kier alpha value is -4.60. The van der Waals surface area contributed by atoms with Gasteiger partial charge in [-0.1, -0.05) is 0 Å². The summed E-state index contributed by atoms with van der Waals surface area (Å²) in [5.74, 6) is -0.917. The van der Waals surface area contributed by atoms with Crippen LogP contribution in [-0.2, 0) is 0 Å². The zero-order valence-electron chi connectivity index (χ0n) is 18.0. The molecule has 0 spiro atoms. The Kier molecular flexibility index (Phi) is 6.48. The predicted molar refractivity (Wildman–Crippen MR) is 125 cm³/mol. The molecule has 0 unspecified atom stereocenters. The Morgan fingerprint density at radius 1 is 0.758 bits per heavy atom. The molecule has 0 radical (unpaired) electrons. The molecule has 10 heteroatoms. The van der Waals surface area contributed by atoms with Crippen molar-refractivity contribution in [3.63, 3.8) is 0 Å². The van der Waals surface area contributed by atoms with Crippen LogP contribution in [0, 0.1) is 41.0 Å². The van der Waals surface area contributed by atoms with Crippen molar-refractivity contribution in [2.45, 2.75) is 20.8 Å². The third-order valence-corrected chi connectivity index (χ3v) is 4.80. The lowest BCUT2D eigenvalue weighted by Crippen LogP contribution is -1.94. The second kappa shape index (κ2) is 9.27. The average molecular weight is 448 g/mol. The number of aliphatic imine (C=N–C) groups is 2. The standard InChI is InChI=1S/C23H20N4O6/c1-13-6-16(22(28)20(8-13)26(30)31)11-24-18-4-5-19(15(3)10-18)25-12-17-7-14(2)9-21(23(17)29)27(32)33/h4-12,28-29H,1-3H3. The summed E-state index contributed by atoms with van der Waals surface area (Å²) in [6.07, 6.45) is 2.70. The van der Waals surface area contributed by atoms with Crippen molar-refractivity contribution in [1.82, 2.24) is 0 Å². The van der Waals surface area contributed by atoms with Crippen LogP contribution in [0.1, 0.15) is 27.8 Å². The van der Waals surface area contributed by atoms with Gasteiger partial charge in [0.2, 0.25) is 11.5 Å². The molecule has 0 saturated heterocycles. The van der Waals surface area contributed by atoms with Crippen LogP contribution in [0.4, 0.5) is 22.7 Å². The van der Waals surface area contributed by atoms with E-state index in [0.717, 1.165) is 5.56 Å². The number of hydrogen-bond donors (Lipinski definition) is 2. The number of nitrogens with zero attached hydrogens (tertiary/aromatic N) is 4. The molecule has 33 heavy (non-hydrogen) atoms. The first kappa shape index (κ1) is 23.1. The normalized spacial score (nSPS) is 11.4. The number of phenols is 2. The molecule has 3 rings (SSSR count). The van der Waals surface area contributed by atoms with Gasteiger partial charge in [-0.3, -0.25) is 30.2 Å². The molecule has 0 fully saturated rings. The third-order valence-electron chi connectivity index (χ3n) is 4.80. The van der Waals surface area contributed by atoms with Gasteiger partial charge >= 0.3 is 11.4 Å². The van der Waals surface area contributed by atoms with E-state index in [-0.39, 0.29) is 11.1 Å². The minimum absolute atomic E-state index is 0.220.